The maximum atomic E-state index is 5.47. The fourth-order valence-corrected chi connectivity index (χ4v) is 4.19. The highest BCUT2D eigenvalue weighted by molar-refractivity contribution is 5.66. The molecule has 0 bridgehead atoms. The van der Waals surface area contributed by atoms with E-state index in [1.165, 1.54) is 53.7 Å². The molecule has 0 radical (unpaired) electrons. The lowest BCUT2D eigenvalue weighted by Crippen LogP contribution is -2.35. The Balaban J connectivity index is 1.52. The van der Waals surface area contributed by atoms with Crippen molar-refractivity contribution in [3.63, 3.8) is 0 Å². The van der Waals surface area contributed by atoms with Crippen LogP contribution in [0.3, 0.4) is 0 Å². The zero-order valence-corrected chi connectivity index (χ0v) is 15.9. The Morgan fingerprint density at radius 2 is 1.46 bits per heavy atom. The molecule has 0 aliphatic carbocycles. The van der Waals surface area contributed by atoms with Crippen molar-refractivity contribution in [1.82, 2.24) is 9.80 Å². The molecule has 0 spiro atoms. The van der Waals surface area contributed by atoms with E-state index < -0.39 is 0 Å². The van der Waals surface area contributed by atoms with Crippen LogP contribution in [0.4, 0.5) is 0 Å². The number of likely N-dealkylation sites (tertiary alicyclic amines) is 1. The van der Waals surface area contributed by atoms with Crippen molar-refractivity contribution in [2.75, 3.05) is 39.4 Å². The third-order valence-corrected chi connectivity index (χ3v) is 5.51. The van der Waals surface area contributed by atoms with E-state index in [9.17, 15) is 0 Å². The van der Waals surface area contributed by atoms with Crippen LogP contribution in [-0.4, -0.2) is 49.2 Å². The monoisotopic (exact) mass is 350 g/mol. The molecule has 2 saturated heterocycles. The van der Waals surface area contributed by atoms with Gasteiger partial charge >= 0.3 is 0 Å². The van der Waals surface area contributed by atoms with Crippen LogP contribution >= 0.6 is 0 Å². The molecule has 2 heterocycles. The molecule has 0 atom stereocenters. The van der Waals surface area contributed by atoms with Crippen LogP contribution < -0.4 is 0 Å². The highest BCUT2D eigenvalue weighted by Crippen LogP contribution is 2.25. The summed E-state index contributed by atoms with van der Waals surface area (Å²) in [6.45, 7) is 10.6. The van der Waals surface area contributed by atoms with E-state index >= 15 is 0 Å². The third kappa shape index (κ3) is 4.53. The second kappa shape index (κ2) is 8.34. The van der Waals surface area contributed by atoms with Gasteiger partial charge in [0.2, 0.25) is 0 Å². The molecule has 0 unspecified atom stereocenters. The Morgan fingerprint density at radius 1 is 0.769 bits per heavy atom. The minimum absolute atomic E-state index is 0.859. The second-order valence-electron chi connectivity index (χ2n) is 7.78. The van der Waals surface area contributed by atoms with E-state index in [0.717, 1.165) is 39.4 Å². The first-order chi connectivity index (χ1) is 12.8. The molecule has 0 N–H and O–H groups in total. The lowest BCUT2D eigenvalue weighted by molar-refractivity contribution is 0.0342. The predicted molar refractivity (Wildman–Crippen MR) is 107 cm³/mol. The van der Waals surface area contributed by atoms with Gasteiger partial charge in [0.1, 0.15) is 0 Å². The maximum Gasteiger partial charge on any atom is 0.0594 e. The van der Waals surface area contributed by atoms with Crippen molar-refractivity contribution in [1.29, 1.82) is 0 Å². The first kappa shape index (κ1) is 17.7. The SMILES string of the molecule is Cc1cc(CN2CCCC2)cc(-c2cccc(CN3CCOCC3)c2)c1. The van der Waals surface area contributed by atoms with E-state index in [-0.39, 0.29) is 0 Å². The fraction of sp³-hybridized carbons (Fsp3) is 0.478. The van der Waals surface area contributed by atoms with Crippen molar-refractivity contribution in [2.45, 2.75) is 32.9 Å². The van der Waals surface area contributed by atoms with Crippen LogP contribution in [-0.2, 0) is 17.8 Å². The first-order valence-corrected chi connectivity index (χ1v) is 9.99. The van der Waals surface area contributed by atoms with Gasteiger partial charge in [0, 0.05) is 26.2 Å². The Bertz CT molecular complexity index is 731. The number of hydrogen-bond donors (Lipinski definition) is 0. The Kier molecular flexibility index (Phi) is 5.68. The van der Waals surface area contributed by atoms with E-state index in [1.54, 1.807) is 0 Å². The van der Waals surface area contributed by atoms with E-state index in [1.807, 2.05) is 0 Å². The molecule has 138 valence electrons. The van der Waals surface area contributed by atoms with Gasteiger partial charge in [0.25, 0.3) is 0 Å². The fourth-order valence-electron chi connectivity index (χ4n) is 4.19. The highest BCUT2D eigenvalue weighted by atomic mass is 16.5. The number of ether oxygens (including phenoxy) is 1. The molecule has 0 amide bonds. The maximum absolute atomic E-state index is 5.47. The summed E-state index contributed by atoms with van der Waals surface area (Å²) in [5, 5.41) is 0. The quantitative estimate of drug-likeness (QED) is 0.808. The summed E-state index contributed by atoms with van der Waals surface area (Å²) in [6, 6.07) is 16.1. The molecular weight excluding hydrogens is 320 g/mol. The van der Waals surface area contributed by atoms with Gasteiger partial charge in [0.05, 0.1) is 13.2 Å². The summed E-state index contributed by atoms with van der Waals surface area (Å²) in [4.78, 5) is 5.06. The minimum Gasteiger partial charge on any atom is -0.379 e. The molecule has 0 saturated carbocycles. The van der Waals surface area contributed by atoms with Gasteiger partial charge in [-0.2, -0.15) is 0 Å². The normalized spacial score (nSPS) is 19.1. The largest absolute Gasteiger partial charge is 0.379 e. The lowest BCUT2D eigenvalue weighted by Gasteiger charge is -2.26. The van der Waals surface area contributed by atoms with Gasteiger partial charge in [-0.1, -0.05) is 35.9 Å². The molecular formula is C23H30N2O. The molecule has 2 fully saturated rings. The summed E-state index contributed by atoms with van der Waals surface area (Å²) in [5.74, 6) is 0. The van der Waals surface area contributed by atoms with Crippen molar-refractivity contribution in [3.8, 4) is 11.1 Å². The molecule has 0 aromatic heterocycles. The molecule has 26 heavy (non-hydrogen) atoms. The first-order valence-electron chi connectivity index (χ1n) is 9.99. The van der Waals surface area contributed by atoms with Crippen LogP contribution in [0.2, 0.25) is 0 Å². The molecule has 4 rings (SSSR count). The molecule has 3 nitrogen and oxygen atoms in total. The molecule has 2 aromatic carbocycles. The van der Waals surface area contributed by atoms with Crippen LogP contribution in [0.15, 0.2) is 42.5 Å². The molecule has 3 heteroatoms. The van der Waals surface area contributed by atoms with Gasteiger partial charge < -0.3 is 4.74 Å². The summed E-state index contributed by atoms with van der Waals surface area (Å²) in [6.07, 6.45) is 2.70. The van der Waals surface area contributed by atoms with Crippen molar-refractivity contribution >= 4 is 0 Å². The van der Waals surface area contributed by atoms with E-state index in [4.69, 9.17) is 4.74 Å². The average Bonchev–Trinajstić information content (AvgIpc) is 3.15. The van der Waals surface area contributed by atoms with Crippen LogP contribution in [0, 0.1) is 6.92 Å². The summed E-state index contributed by atoms with van der Waals surface area (Å²) in [5.41, 5.74) is 6.88. The topological polar surface area (TPSA) is 15.7 Å². The number of rotatable bonds is 5. The minimum atomic E-state index is 0.859. The number of aryl methyl sites for hydroxylation is 1. The number of hydrogen-bond acceptors (Lipinski definition) is 3. The van der Waals surface area contributed by atoms with Crippen molar-refractivity contribution in [3.05, 3.63) is 59.2 Å². The van der Waals surface area contributed by atoms with Gasteiger partial charge in [0.15, 0.2) is 0 Å². The van der Waals surface area contributed by atoms with Gasteiger partial charge in [-0.25, -0.2) is 0 Å². The number of nitrogens with zero attached hydrogens (tertiary/aromatic N) is 2. The Morgan fingerprint density at radius 3 is 2.27 bits per heavy atom. The molecule has 2 aromatic rings. The second-order valence-corrected chi connectivity index (χ2v) is 7.78. The summed E-state index contributed by atoms with van der Waals surface area (Å²) < 4.78 is 5.47. The predicted octanol–water partition coefficient (Wildman–Crippen LogP) is 4.09. The molecule has 2 aliphatic rings. The van der Waals surface area contributed by atoms with Crippen LogP contribution in [0.5, 0.6) is 0 Å². The van der Waals surface area contributed by atoms with E-state index in [0.29, 0.717) is 0 Å². The van der Waals surface area contributed by atoms with Crippen molar-refractivity contribution in [2.24, 2.45) is 0 Å². The van der Waals surface area contributed by atoms with Crippen LogP contribution in [0.1, 0.15) is 29.5 Å². The lowest BCUT2D eigenvalue weighted by atomic mass is 9.98. The third-order valence-electron chi connectivity index (χ3n) is 5.51. The van der Waals surface area contributed by atoms with Crippen LogP contribution in [0.25, 0.3) is 11.1 Å². The molecule has 2 aliphatic heterocycles. The van der Waals surface area contributed by atoms with Gasteiger partial charge in [-0.15, -0.1) is 0 Å². The Hall–Kier alpha value is -1.68. The Labute approximate surface area is 157 Å². The highest BCUT2D eigenvalue weighted by Gasteiger charge is 2.13. The van der Waals surface area contributed by atoms with Gasteiger partial charge in [-0.3, -0.25) is 9.80 Å². The average molecular weight is 351 g/mol. The van der Waals surface area contributed by atoms with Crippen molar-refractivity contribution < 1.29 is 4.74 Å². The number of morpholine rings is 1. The number of benzene rings is 2. The van der Waals surface area contributed by atoms with Gasteiger partial charge in [-0.05, 0) is 67.2 Å². The smallest absolute Gasteiger partial charge is 0.0594 e. The zero-order valence-electron chi connectivity index (χ0n) is 15.9. The summed E-state index contributed by atoms with van der Waals surface area (Å²) in [7, 11) is 0. The van der Waals surface area contributed by atoms with E-state index in [2.05, 4.69) is 59.2 Å². The standard InChI is InChI=1S/C23H30N2O/c1-19-13-21(18-24-7-2-3-8-24)16-23(14-19)22-6-4-5-20(15-22)17-25-9-11-26-12-10-25/h4-6,13-16H,2-3,7-12,17-18H2,1H3. The summed E-state index contributed by atoms with van der Waals surface area (Å²) >= 11 is 0. The zero-order chi connectivity index (χ0) is 17.8.